The maximum Gasteiger partial charge on any atom is 0.255 e. The van der Waals surface area contributed by atoms with Crippen molar-refractivity contribution in [2.24, 2.45) is 0 Å². The molecule has 0 aliphatic carbocycles. The zero-order valence-corrected chi connectivity index (χ0v) is 26.6. The van der Waals surface area contributed by atoms with Crippen molar-refractivity contribution in [3.8, 4) is 11.3 Å². The second kappa shape index (κ2) is 12.8. The number of imidazole rings is 1. The molecule has 2 aliphatic heterocycles. The molecule has 3 aromatic heterocycles. The zero-order valence-electron chi connectivity index (χ0n) is 26.6. The molecule has 0 atom stereocenters. The number of aryl methyl sites for hydroxylation is 2. The Morgan fingerprint density at radius 3 is 2.47 bits per heavy atom. The normalized spacial score (nSPS) is 17.3. The Morgan fingerprint density at radius 2 is 1.73 bits per heavy atom. The molecule has 6 rings (SSSR count). The third-order valence-electron chi connectivity index (χ3n) is 9.04. The summed E-state index contributed by atoms with van der Waals surface area (Å²) in [6.45, 7) is 13.1. The second-order valence-electron chi connectivity index (χ2n) is 12.5. The van der Waals surface area contributed by atoms with Gasteiger partial charge >= 0.3 is 0 Å². The first kappa shape index (κ1) is 31.0. The van der Waals surface area contributed by atoms with Crippen LogP contribution in [-0.4, -0.2) is 97.5 Å². The van der Waals surface area contributed by atoms with Crippen molar-refractivity contribution in [1.29, 1.82) is 0 Å². The number of likely N-dealkylation sites (tertiary alicyclic amines) is 1. The lowest BCUT2D eigenvalue weighted by Gasteiger charge is -2.36. The maximum atomic E-state index is 15.1. The highest BCUT2D eigenvalue weighted by Gasteiger charge is 2.27. The number of nitrogens with one attached hydrogen (secondary N) is 1. The van der Waals surface area contributed by atoms with Gasteiger partial charge in [0.2, 0.25) is 5.95 Å². The molecule has 0 saturated carbocycles. The minimum atomic E-state index is -0.677. The van der Waals surface area contributed by atoms with E-state index >= 15 is 4.39 Å². The van der Waals surface area contributed by atoms with Crippen LogP contribution < -0.4 is 5.32 Å². The number of hydrogen-bond acceptors (Lipinski definition) is 8. The number of pyridine rings is 1. The van der Waals surface area contributed by atoms with Crippen molar-refractivity contribution in [1.82, 2.24) is 39.2 Å². The van der Waals surface area contributed by atoms with Crippen molar-refractivity contribution in [3.05, 3.63) is 59.2 Å². The number of piperidine rings is 1. The largest absolute Gasteiger partial charge is 0.337 e. The fourth-order valence-corrected chi connectivity index (χ4v) is 6.69. The van der Waals surface area contributed by atoms with Crippen LogP contribution in [0.2, 0.25) is 0 Å². The van der Waals surface area contributed by atoms with Gasteiger partial charge in [-0.05, 0) is 91.4 Å². The number of anilines is 2. The topological polar surface area (TPSA) is 95.3 Å². The molecule has 0 bridgehead atoms. The van der Waals surface area contributed by atoms with Crippen LogP contribution in [0.25, 0.3) is 22.3 Å². The average molecular weight is 618 g/mol. The van der Waals surface area contributed by atoms with Crippen LogP contribution >= 0.6 is 0 Å². The molecule has 0 radical (unpaired) electrons. The van der Waals surface area contributed by atoms with Gasteiger partial charge in [-0.25, -0.2) is 28.7 Å². The molecule has 1 aromatic carbocycles. The molecule has 4 aromatic rings. The Bertz CT molecular complexity index is 1710. The summed E-state index contributed by atoms with van der Waals surface area (Å²) in [5, 5.41) is 3.02. The summed E-state index contributed by atoms with van der Waals surface area (Å²) in [6.07, 6.45) is 4.36. The van der Waals surface area contributed by atoms with E-state index in [-0.39, 0.29) is 34.7 Å². The van der Waals surface area contributed by atoms with Gasteiger partial charge in [-0.2, -0.15) is 0 Å². The van der Waals surface area contributed by atoms with Crippen LogP contribution in [0.15, 0.2) is 30.5 Å². The van der Waals surface area contributed by atoms with E-state index in [1.807, 2.05) is 30.2 Å². The molecule has 5 heterocycles. The van der Waals surface area contributed by atoms with Crippen molar-refractivity contribution in [3.63, 3.8) is 0 Å². The van der Waals surface area contributed by atoms with Gasteiger partial charge in [0.15, 0.2) is 11.6 Å². The summed E-state index contributed by atoms with van der Waals surface area (Å²) < 4.78 is 32.0. The van der Waals surface area contributed by atoms with Crippen LogP contribution in [0.1, 0.15) is 61.0 Å². The van der Waals surface area contributed by atoms with Crippen LogP contribution in [-0.2, 0) is 0 Å². The molecule has 238 valence electrons. The molecular weight excluding hydrogens is 576 g/mol. The first-order valence-electron chi connectivity index (χ1n) is 15.8. The van der Waals surface area contributed by atoms with E-state index in [0.717, 1.165) is 45.3 Å². The quantitative estimate of drug-likeness (QED) is 0.310. The molecule has 2 aliphatic rings. The van der Waals surface area contributed by atoms with Crippen molar-refractivity contribution >= 4 is 28.7 Å². The number of fused-ring (bicyclic) bond motifs is 1. The predicted molar refractivity (Wildman–Crippen MR) is 171 cm³/mol. The molecule has 10 nitrogen and oxygen atoms in total. The monoisotopic (exact) mass is 617 g/mol. The Balaban J connectivity index is 1.17. The van der Waals surface area contributed by atoms with Gasteiger partial charge in [-0.1, -0.05) is 0 Å². The number of carbonyl (C=O) groups is 1. The zero-order chi connectivity index (χ0) is 31.8. The van der Waals surface area contributed by atoms with Gasteiger partial charge in [0.25, 0.3) is 5.91 Å². The number of nitrogens with zero attached hydrogens (tertiary/aromatic N) is 8. The minimum absolute atomic E-state index is 0.0228. The minimum Gasteiger partial charge on any atom is -0.337 e. The number of carbonyl (C=O) groups excluding carboxylic acids is 1. The number of benzene rings is 1. The summed E-state index contributed by atoms with van der Waals surface area (Å²) >= 11 is 0. The average Bonchev–Trinajstić information content (AvgIpc) is 3.17. The molecule has 2 fully saturated rings. The van der Waals surface area contributed by atoms with Crippen molar-refractivity contribution < 1.29 is 13.6 Å². The summed E-state index contributed by atoms with van der Waals surface area (Å²) in [6, 6.07) is 7.04. The third kappa shape index (κ3) is 6.39. The van der Waals surface area contributed by atoms with E-state index in [1.54, 1.807) is 25.1 Å². The van der Waals surface area contributed by atoms with Crippen LogP contribution in [0, 0.1) is 25.5 Å². The van der Waals surface area contributed by atoms with Gasteiger partial charge in [0, 0.05) is 43.8 Å². The summed E-state index contributed by atoms with van der Waals surface area (Å²) in [4.78, 5) is 37.8. The lowest BCUT2D eigenvalue weighted by Crippen LogP contribution is -2.45. The van der Waals surface area contributed by atoms with E-state index in [0.29, 0.717) is 41.0 Å². The highest BCUT2D eigenvalue weighted by atomic mass is 19.1. The highest BCUT2D eigenvalue weighted by Crippen LogP contribution is 2.30. The molecule has 2 saturated heterocycles. The van der Waals surface area contributed by atoms with E-state index in [2.05, 4.69) is 42.1 Å². The molecular formula is C33H41F2N9O. The third-order valence-corrected chi connectivity index (χ3v) is 9.04. The van der Waals surface area contributed by atoms with E-state index < -0.39 is 11.6 Å². The van der Waals surface area contributed by atoms with E-state index in [9.17, 15) is 9.18 Å². The van der Waals surface area contributed by atoms with Gasteiger partial charge < -0.3 is 19.7 Å². The van der Waals surface area contributed by atoms with Gasteiger partial charge in [0.1, 0.15) is 22.9 Å². The van der Waals surface area contributed by atoms with Crippen LogP contribution in [0.5, 0.6) is 0 Å². The van der Waals surface area contributed by atoms with E-state index in [4.69, 9.17) is 0 Å². The fourth-order valence-electron chi connectivity index (χ4n) is 6.69. The first-order valence-corrected chi connectivity index (χ1v) is 15.8. The number of amides is 1. The van der Waals surface area contributed by atoms with Gasteiger partial charge in [-0.3, -0.25) is 9.69 Å². The first-order chi connectivity index (χ1) is 21.6. The fraction of sp³-hybridized carbons (Fsp3) is 0.485. The Labute approximate surface area is 262 Å². The molecule has 0 spiro atoms. The number of halogens is 2. The standard InChI is InChI=1S/C33H41F2N9O/c1-20(2)44-22(4)38-31-26(34)17-23(18-28(31)44)30-27(35)19-36-33(40-30)39-29-8-7-25(21(3)37-29)32(45)43-12-6-11-42(15-16-43)24-9-13-41(5)14-10-24/h7-8,17-20,24H,6,9-16H2,1-5H3,(H,36,37,39,40). The highest BCUT2D eigenvalue weighted by molar-refractivity contribution is 5.95. The van der Waals surface area contributed by atoms with Crippen molar-refractivity contribution in [2.45, 2.75) is 59.0 Å². The Kier molecular flexibility index (Phi) is 8.78. The number of aromatic nitrogens is 5. The molecule has 12 heteroatoms. The summed E-state index contributed by atoms with van der Waals surface area (Å²) in [5.74, 6) is -0.0487. The Morgan fingerprint density at radius 1 is 0.956 bits per heavy atom. The number of hydrogen-bond donors (Lipinski definition) is 1. The van der Waals surface area contributed by atoms with Crippen molar-refractivity contribution in [2.75, 3.05) is 51.6 Å². The van der Waals surface area contributed by atoms with Gasteiger partial charge in [0.05, 0.1) is 23.0 Å². The molecule has 1 N–H and O–H groups in total. The summed E-state index contributed by atoms with van der Waals surface area (Å²) in [7, 11) is 2.18. The molecule has 0 unspecified atom stereocenters. The van der Waals surface area contributed by atoms with Crippen LogP contribution in [0.3, 0.4) is 0 Å². The Hall–Kier alpha value is -4.03. The maximum absolute atomic E-state index is 15.1. The van der Waals surface area contributed by atoms with Crippen LogP contribution in [0.4, 0.5) is 20.5 Å². The van der Waals surface area contributed by atoms with Gasteiger partial charge in [-0.15, -0.1) is 0 Å². The van der Waals surface area contributed by atoms with E-state index in [1.165, 1.54) is 18.9 Å². The predicted octanol–water partition coefficient (Wildman–Crippen LogP) is 5.35. The number of rotatable bonds is 6. The second-order valence-corrected chi connectivity index (χ2v) is 12.5. The molecule has 45 heavy (non-hydrogen) atoms. The SMILES string of the molecule is Cc1nc(Nc2ncc(F)c(-c3cc(F)c4nc(C)n(C(C)C)c4c3)n2)ccc1C(=O)N1CCCN(C2CCN(C)CC2)CC1. The molecule has 1 amide bonds. The lowest BCUT2D eigenvalue weighted by atomic mass is 10.0. The lowest BCUT2D eigenvalue weighted by molar-refractivity contribution is 0.0749. The smallest absolute Gasteiger partial charge is 0.255 e. The summed E-state index contributed by atoms with van der Waals surface area (Å²) in [5.41, 5.74) is 2.18.